The molecule has 0 fully saturated rings. The van der Waals surface area contributed by atoms with E-state index in [2.05, 4.69) is 9.82 Å². The van der Waals surface area contributed by atoms with Crippen molar-refractivity contribution < 1.29 is 22.4 Å². The zero-order chi connectivity index (χ0) is 22.7. The van der Waals surface area contributed by atoms with E-state index in [0.717, 1.165) is 17.4 Å². The van der Waals surface area contributed by atoms with Gasteiger partial charge in [0, 0.05) is 17.7 Å². The third-order valence-corrected chi connectivity index (χ3v) is 5.56. The molecule has 0 spiro atoms. The number of anilines is 1. The summed E-state index contributed by atoms with van der Waals surface area (Å²) >= 11 is 0. The zero-order valence-corrected chi connectivity index (χ0v) is 18.5. The van der Waals surface area contributed by atoms with Crippen LogP contribution in [0.1, 0.15) is 41.1 Å². The molecule has 3 aromatic rings. The first-order chi connectivity index (χ1) is 15.4. The number of ether oxygens (including phenoxy) is 1. The Morgan fingerprint density at radius 2 is 1.91 bits per heavy atom. The average Bonchev–Trinajstić information content (AvgIpc) is 3.44. The third-order valence-electron chi connectivity index (χ3n) is 4.95. The van der Waals surface area contributed by atoms with Gasteiger partial charge in [-0.05, 0) is 42.8 Å². The van der Waals surface area contributed by atoms with Crippen molar-refractivity contribution in [3.63, 3.8) is 0 Å². The van der Waals surface area contributed by atoms with Crippen molar-refractivity contribution in [2.75, 3.05) is 17.6 Å². The summed E-state index contributed by atoms with van der Waals surface area (Å²) in [6.07, 6.45) is 3.01. The quantitative estimate of drug-likeness (QED) is 0.582. The maximum absolute atomic E-state index is 13.2. The fraction of sp³-hybridized carbons (Fsp3) is 0.217. The predicted molar refractivity (Wildman–Crippen MR) is 121 cm³/mol. The van der Waals surface area contributed by atoms with E-state index in [0.29, 0.717) is 30.2 Å². The van der Waals surface area contributed by atoms with Gasteiger partial charge in [-0.25, -0.2) is 13.4 Å². The van der Waals surface area contributed by atoms with Crippen molar-refractivity contribution in [1.29, 1.82) is 0 Å². The zero-order valence-electron chi connectivity index (χ0n) is 17.7. The Bertz CT molecular complexity index is 1230. The highest BCUT2D eigenvalue weighted by molar-refractivity contribution is 7.92. The molecule has 1 atom stereocenters. The number of hydrogen-bond donors (Lipinski definition) is 1. The molecule has 2 aromatic carbocycles. The SMILES string of the molecule is CCOc1ccccc1[C@@H]1CC(c2ccc(NS(C)(=O)=O)cc2)=NN1C(=O)c1ccco1. The van der Waals surface area contributed by atoms with E-state index in [1.54, 1.807) is 36.4 Å². The van der Waals surface area contributed by atoms with Gasteiger partial charge in [0.2, 0.25) is 10.0 Å². The number of furan rings is 1. The van der Waals surface area contributed by atoms with Crippen LogP contribution in [0.15, 0.2) is 76.4 Å². The Hall–Kier alpha value is -3.59. The topological polar surface area (TPSA) is 101 Å². The number of carbonyl (C=O) groups excluding carboxylic acids is 1. The van der Waals surface area contributed by atoms with Gasteiger partial charge >= 0.3 is 5.91 Å². The van der Waals surface area contributed by atoms with E-state index in [9.17, 15) is 13.2 Å². The lowest BCUT2D eigenvalue weighted by Crippen LogP contribution is -2.27. The van der Waals surface area contributed by atoms with Gasteiger partial charge in [-0.2, -0.15) is 5.10 Å². The van der Waals surface area contributed by atoms with Gasteiger partial charge in [0.1, 0.15) is 5.75 Å². The summed E-state index contributed by atoms with van der Waals surface area (Å²) < 4.78 is 36.5. The lowest BCUT2D eigenvalue weighted by Gasteiger charge is -2.23. The molecule has 0 unspecified atom stereocenters. The molecule has 0 saturated carbocycles. The Kier molecular flexibility index (Phi) is 6.00. The maximum Gasteiger partial charge on any atom is 0.310 e. The molecule has 9 heteroatoms. The second kappa shape index (κ2) is 8.88. The highest BCUT2D eigenvalue weighted by Crippen LogP contribution is 2.38. The minimum absolute atomic E-state index is 0.196. The molecule has 1 aromatic heterocycles. The fourth-order valence-electron chi connectivity index (χ4n) is 3.62. The molecular formula is C23H23N3O5S. The summed E-state index contributed by atoms with van der Waals surface area (Å²) in [6, 6.07) is 17.4. The first-order valence-electron chi connectivity index (χ1n) is 10.1. The highest BCUT2D eigenvalue weighted by atomic mass is 32.2. The van der Waals surface area contributed by atoms with Gasteiger partial charge < -0.3 is 9.15 Å². The van der Waals surface area contributed by atoms with Crippen molar-refractivity contribution in [3.8, 4) is 5.75 Å². The summed E-state index contributed by atoms with van der Waals surface area (Å²) in [6.45, 7) is 2.41. The molecule has 8 nitrogen and oxygen atoms in total. The molecule has 166 valence electrons. The molecular weight excluding hydrogens is 430 g/mol. The van der Waals surface area contributed by atoms with E-state index in [4.69, 9.17) is 9.15 Å². The molecule has 0 saturated heterocycles. The first-order valence-corrected chi connectivity index (χ1v) is 12.0. The van der Waals surface area contributed by atoms with Crippen molar-refractivity contribution in [1.82, 2.24) is 5.01 Å². The number of benzene rings is 2. The van der Waals surface area contributed by atoms with Gasteiger partial charge in [-0.1, -0.05) is 30.3 Å². The van der Waals surface area contributed by atoms with E-state index in [-0.39, 0.29) is 17.7 Å². The van der Waals surface area contributed by atoms with Crippen molar-refractivity contribution in [2.24, 2.45) is 5.10 Å². The minimum Gasteiger partial charge on any atom is -0.494 e. The molecule has 1 aliphatic heterocycles. The third kappa shape index (κ3) is 4.67. The number of rotatable bonds is 7. The van der Waals surface area contributed by atoms with Gasteiger partial charge in [-0.3, -0.25) is 9.52 Å². The van der Waals surface area contributed by atoms with E-state index >= 15 is 0 Å². The molecule has 1 amide bonds. The number of carbonyl (C=O) groups is 1. The van der Waals surface area contributed by atoms with Gasteiger partial charge in [0.05, 0.1) is 30.9 Å². The van der Waals surface area contributed by atoms with Crippen LogP contribution in [-0.4, -0.2) is 37.9 Å². The Labute approximate surface area is 186 Å². The molecule has 4 rings (SSSR count). The Morgan fingerprint density at radius 1 is 1.16 bits per heavy atom. The summed E-state index contributed by atoms with van der Waals surface area (Å²) in [7, 11) is -3.37. The fourth-order valence-corrected chi connectivity index (χ4v) is 4.18. The van der Waals surface area contributed by atoms with Crippen LogP contribution in [-0.2, 0) is 10.0 Å². The van der Waals surface area contributed by atoms with Crippen molar-refractivity contribution in [3.05, 3.63) is 83.8 Å². The second-order valence-corrected chi connectivity index (χ2v) is 9.06. The van der Waals surface area contributed by atoms with Crippen LogP contribution in [0.2, 0.25) is 0 Å². The number of hydrazone groups is 1. The molecule has 2 heterocycles. The molecule has 1 aliphatic rings. The van der Waals surface area contributed by atoms with E-state index < -0.39 is 10.0 Å². The summed E-state index contributed by atoms with van der Waals surface area (Å²) in [4.78, 5) is 13.2. The van der Waals surface area contributed by atoms with Crippen LogP contribution >= 0.6 is 0 Å². The molecule has 0 radical (unpaired) electrons. The lowest BCUT2D eigenvalue weighted by molar-refractivity contribution is 0.0676. The number of amides is 1. The number of sulfonamides is 1. The summed E-state index contributed by atoms with van der Waals surface area (Å²) in [5.74, 6) is 0.541. The average molecular weight is 454 g/mol. The summed E-state index contributed by atoms with van der Waals surface area (Å²) in [5.41, 5.74) is 2.80. The smallest absolute Gasteiger partial charge is 0.310 e. The summed E-state index contributed by atoms with van der Waals surface area (Å²) in [5, 5.41) is 6.05. The monoisotopic (exact) mass is 453 g/mol. The second-order valence-electron chi connectivity index (χ2n) is 7.32. The number of nitrogens with one attached hydrogen (secondary N) is 1. The standard InChI is InChI=1S/C23H23N3O5S/c1-3-30-21-8-5-4-7-18(21)20-15-19(24-26(20)23(27)22-9-6-14-31-22)16-10-12-17(13-11-16)25-32(2,28)29/h4-14,20,25H,3,15H2,1-2H3/t20-/m0/s1. The minimum atomic E-state index is -3.37. The highest BCUT2D eigenvalue weighted by Gasteiger charge is 2.36. The van der Waals surface area contributed by atoms with Crippen LogP contribution in [0, 0.1) is 0 Å². The number of para-hydroxylation sites is 1. The Balaban J connectivity index is 1.69. The maximum atomic E-state index is 13.2. The number of nitrogens with zero attached hydrogens (tertiary/aromatic N) is 2. The number of hydrogen-bond acceptors (Lipinski definition) is 6. The first kappa shape index (κ1) is 21.6. The Morgan fingerprint density at radius 3 is 2.56 bits per heavy atom. The van der Waals surface area contributed by atoms with Crippen LogP contribution < -0.4 is 9.46 Å². The van der Waals surface area contributed by atoms with Gasteiger partial charge in [0.25, 0.3) is 0 Å². The predicted octanol–water partition coefficient (Wildman–Crippen LogP) is 4.04. The van der Waals surface area contributed by atoms with Gasteiger partial charge in [-0.15, -0.1) is 0 Å². The van der Waals surface area contributed by atoms with Crippen molar-refractivity contribution >= 4 is 27.3 Å². The van der Waals surface area contributed by atoms with Crippen LogP contribution in [0.25, 0.3) is 0 Å². The largest absolute Gasteiger partial charge is 0.494 e. The molecule has 32 heavy (non-hydrogen) atoms. The normalized spacial score (nSPS) is 16.0. The van der Waals surface area contributed by atoms with Crippen LogP contribution in [0.4, 0.5) is 5.69 Å². The van der Waals surface area contributed by atoms with Crippen LogP contribution in [0.3, 0.4) is 0 Å². The van der Waals surface area contributed by atoms with Gasteiger partial charge in [0.15, 0.2) is 5.76 Å². The van der Waals surface area contributed by atoms with E-state index in [1.807, 2.05) is 31.2 Å². The molecule has 0 aliphatic carbocycles. The van der Waals surface area contributed by atoms with Crippen molar-refractivity contribution in [2.45, 2.75) is 19.4 Å². The van der Waals surface area contributed by atoms with Crippen LogP contribution in [0.5, 0.6) is 5.75 Å². The molecule has 1 N–H and O–H groups in total. The molecule has 0 bridgehead atoms. The van der Waals surface area contributed by atoms with E-state index in [1.165, 1.54) is 11.3 Å². The lowest BCUT2D eigenvalue weighted by atomic mass is 9.97.